The Hall–Kier alpha value is 0.360. The molecule has 0 N–H and O–H groups in total. The lowest BCUT2D eigenvalue weighted by atomic mass is 10.4. The summed E-state index contributed by atoms with van der Waals surface area (Å²) in [5.74, 6) is 0. The zero-order valence-corrected chi connectivity index (χ0v) is 9.33. The summed E-state index contributed by atoms with van der Waals surface area (Å²) in [5.41, 5.74) is 0. The van der Waals surface area contributed by atoms with E-state index >= 15 is 0 Å². The van der Waals surface area contributed by atoms with Crippen molar-refractivity contribution in [2.24, 2.45) is 0 Å². The van der Waals surface area contributed by atoms with Crippen molar-refractivity contribution in [2.45, 2.75) is 13.3 Å². The van der Waals surface area contributed by atoms with Crippen LogP contribution in [0.5, 0.6) is 0 Å². The molecule has 1 nitrogen and oxygen atoms in total. The van der Waals surface area contributed by atoms with Crippen LogP contribution in [0, 0.1) is 0 Å². The third kappa shape index (κ3) is 2.15. The van der Waals surface area contributed by atoms with E-state index in [1.54, 1.807) is 11.8 Å². The predicted octanol–water partition coefficient (Wildman–Crippen LogP) is 2.03. The summed E-state index contributed by atoms with van der Waals surface area (Å²) in [6.45, 7) is 2.15. The number of thiocarbonyl (C=S) groups is 1. The van der Waals surface area contributed by atoms with E-state index in [9.17, 15) is 0 Å². The summed E-state index contributed by atoms with van der Waals surface area (Å²) in [6, 6.07) is 0. The summed E-state index contributed by atoms with van der Waals surface area (Å²) in [7, 11) is 5.91. The average Bonchev–Trinajstić information content (AvgIpc) is 2.31. The van der Waals surface area contributed by atoms with Crippen molar-refractivity contribution in [1.29, 1.82) is 0 Å². The third-order valence-electron chi connectivity index (χ3n) is 1.30. The maximum atomic E-state index is 5.19. The summed E-state index contributed by atoms with van der Waals surface area (Å²) >= 11 is 6.90. The molecule has 1 aliphatic heterocycles. The normalized spacial score (nSPS) is 18.0. The highest BCUT2D eigenvalue weighted by atomic mass is 32.2. The second kappa shape index (κ2) is 3.85. The second-order valence-corrected chi connectivity index (χ2v) is 5.44. The molecule has 1 heterocycles. The first kappa shape index (κ1) is 9.45. The molecule has 0 radical (unpaired) electrons. The Bertz CT molecular complexity index is 248. The van der Waals surface area contributed by atoms with Crippen LogP contribution in [0.2, 0.25) is 0 Å². The highest BCUT2D eigenvalue weighted by molar-refractivity contribution is 8.46. The van der Waals surface area contributed by atoms with Gasteiger partial charge in [0.25, 0.3) is 0 Å². The zero-order chi connectivity index (χ0) is 8.43. The first-order valence-electron chi connectivity index (χ1n) is 3.45. The fraction of sp³-hybridized carbons (Fsp3) is 0.571. The monoisotopic (exact) mass is 205 g/mol. The number of hydrogen-bond donors (Lipinski definition) is 0. The van der Waals surface area contributed by atoms with Gasteiger partial charge in [0.1, 0.15) is 4.32 Å². The first-order chi connectivity index (χ1) is 5.15. The molecular formula is C7H11NS3. The topological polar surface area (TPSA) is 3.24 Å². The molecule has 0 aliphatic carbocycles. The summed E-state index contributed by atoms with van der Waals surface area (Å²) in [6.07, 6.45) is 1.06. The smallest absolute Gasteiger partial charge is 0.111 e. The van der Waals surface area contributed by atoms with Crippen LogP contribution in [0.25, 0.3) is 0 Å². The molecule has 0 aromatic heterocycles. The van der Waals surface area contributed by atoms with E-state index in [-0.39, 0.29) is 0 Å². The highest BCUT2D eigenvalue weighted by Gasteiger charge is 2.15. The van der Waals surface area contributed by atoms with Crippen molar-refractivity contribution in [3.8, 4) is 0 Å². The fourth-order valence-corrected chi connectivity index (χ4v) is 3.56. The van der Waals surface area contributed by atoms with Crippen molar-refractivity contribution < 1.29 is 0 Å². The van der Waals surface area contributed by atoms with Crippen LogP contribution in [0.4, 0.5) is 0 Å². The van der Waals surface area contributed by atoms with Crippen molar-refractivity contribution in [3.05, 3.63) is 0 Å². The summed E-state index contributed by atoms with van der Waals surface area (Å²) < 4.78 is 2.35. The minimum atomic E-state index is 1.06. The lowest BCUT2D eigenvalue weighted by molar-refractivity contribution is 0.648. The second-order valence-electron chi connectivity index (χ2n) is 2.43. The van der Waals surface area contributed by atoms with Gasteiger partial charge in [-0.2, -0.15) is 0 Å². The average molecular weight is 205 g/mol. The maximum absolute atomic E-state index is 5.19. The molecular weight excluding hydrogens is 194 g/mol. The Morgan fingerprint density at radius 1 is 1.45 bits per heavy atom. The van der Waals surface area contributed by atoms with E-state index in [1.165, 1.54) is 9.19 Å². The predicted molar refractivity (Wildman–Crippen MR) is 61.8 cm³/mol. The van der Waals surface area contributed by atoms with Crippen molar-refractivity contribution in [1.82, 2.24) is 4.90 Å². The van der Waals surface area contributed by atoms with Crippen LogP contribution in [0.1, 0.15) is 13.3 Å². The summed E-state index contributed by atoms with van der Waals surface area (Å²) in [4.78, 5) is 3.46. The molecule has 0 amide bonds. The number of rotatable bonds is 1. The molecule has 11 heavy (non-hydrogen) atoms. The number of hydrogen-bond acceptors (Lipinski definition) is 3. The molecule has 62 valence electrons. The molecule has 0 fully saturated rings. The molecule has 0 spiro atoms. The van der Waals surface area contributed by atoms with E-state index in [1.807, 2.05) is 10.9 Å². The van der Waals surface area contributed by atoms with Crippen LogP contribution in [-0.4, -0.2) is 32.4 Å². The molecule has 1 rings (SSSR count). The molecule has 0 saturated heterocycles. The van der Waals surface area contributed by atoms with Gasteiger partial charge in [-0.3, -0.25) is 4.90 Å². The van der Waals surface area contributed by atoms with E-state index < -0.39 is 0 Å². The lowest BCUT2D eigenvalue weighted by Gasteiger charge is -2.06. The Morgan fingerprint density at radius 2 is 2.09 bits per heavy atom. The minimum absolute atomic E-state index is 1.06. The van der Waals surface area contributed by atoms with Crippen LogP contribution in [0.3, 0.4) is 0 Å². The SMILES string of the molecule is CCC1=S=C(N(C)C)SC1=S. The van der Waals surface area contributed by atoms with Gasteiger partial charge in [-0.1, -0.05) is 30.9 Å². The van der Waals surface area contributed by atoms with Gasteiger partial charge in [0.2, 0.25) is 0 Å². The van der Waals surface area contributed by atoms with Gasteiger partial charge in [0.05, 0.1) is 4.20 Å². The number of thioether (sulfide) groups is 1. The van der Waals surface area contributed by atoms with E-state index in [0.717, 1.165) is 10.6 Å². The van der Waals surface area contributed by atoms with E-state index in [2.05, 4.69) is 25.9 Å². The van der Waals surface area contributed by atoms with E-state index in [0.29, 0.717) is 0 Å². The maximum Gasteiger partial charge on any atom is 0.111 e. The van der Waals surface area contributed by atoms with Gasteiger partial charge in [0, 0.05) is 4.86 Å². The third-order valence-corrected chi connectivity index (χ3v) is 4.81. The van der Waals surface area contributed by atoms with Gasteiger partial charge in [-0.15, -0.1) is 10.9 Å². The Kier molecular flexibility index (Phi) is 3.30. The van der Waals surface area contributed by atoms with Gasteiger partial charge in [-0.25, -0.2) is 0 Å². The minimum Gasteiger partial charge on any atom is -0.267 e. The Balaban J connectivity index is 2.88. The lowest BCUT2D eigenvalue weighted by Crippen LogP contribution is -2.15. The Labute approximate surface area is 80.7 Å². The zero-order valence-electron chi connectivity index (χ0n) is 6.88. The molecule has 1 aliphatic rings. The molecule has 0 aromatic carbocycles. The standard InChI is InChI=1S/C7H11NS3/c1-4-5-6(9)11-7(10-5)8(2)3/h4H2,1-3H3. The van der Waals surface area contributed by atoms with Crippen LogP contribution in [0.15, 0.2) is 0 Å². The molecule has 0 bridgehead atoms. The molecule has 0 atom stereocenters. The van der Waals surface area contributed by atoms with Crippen LogP contribution >= 0.6 is 34.9 Å². The van der Waals surface area contributed by atoms with Gasteiger partial charge in [0.15, 0.2) is 0 Å². The van der Waals surface area contributed by atoms with Gasteiger partial charge >= 0.3 is 0 Å². The van der Waals surface area contributed by atoms with Crippen LogP contribution < -0.4 is 0 Å². The van der Waals surface area contributed by atoms with Crippen molar-refractivity contribution in [2.75, 3.05) is 14.1 Å². The Morgan fingerprint density at radius 3 is 2.36 bits per heavy atom. The fourth-order valence-electron chi connectivity index (χ4n) is 0.703. The number of nitrogens with zero attached hydrogens (tertiary/aromatic N) is 1. The highest BCUT2D eigenvalue weighted by Crippen LogP contribution is 2.21. The van der Waals surface area contributed by atoms with Crippen molar-refractivity contribution >= 4 is 48.3 Å². The van der Waals surface area contributed by atoms with Crippen LogP contribution in [-0.2, 0) is 0 Å². The van der Waals surface area contributed by atoms with E-state index in [4.69, 9.17) is 12.2 Å². The molecule has 0 aromatic rings. The first-order valence-corrected chi connectivity index (χ1v) is 5.49. The summed E-state index contributed by atoms with van der Waals surface area (Å²) in [5, 5.41) is 0. The molecule has 0 saturated carbocycles. The van der Waals surface area contributed by atoms with Gasteiger partial charge in [-0.05, 0) is 20.5 Å². The van der Waals surface area contributed by atoms with Gasteiger partial charge < -0.3 is 0 Å². The molecule has 0 unspecified atom stereocenters. The molecule has 4 heteroatoms. The quantitative estimate of drug-likeness (QED) is 0.603. The largest absolute Gasteiger partial charge is 0.267 e. The van der Waals surface area contributed by atoms with Crippen molar-refractivity contribution in [3.63, 3.8) is 0 Å².